The fourth-order valence-corrected chi connectivity index (χ4v) is 4.19. The molecule has 2 aromatic rings. The monoisotopic (exact) mass is 339 g/mol. The largest absolute Gasteiger partial charge is 0.371 e. The molecule has 25 heavy (non-hydrogen) atoms. The molecular weight excluding hydrogens is 314 g/mol. The maximum Gasteiger partial charge on any atom is 0.159 e. The molecule has 1 saturated heterocycles. The fourth-order valence-electron chi connectivity index (χ4n) is 4.19. The SMILES string of the molecule is c1ccc(N2CCN(CCc3nnc4n3C3(CC3)COC4)CC2)cc1. The molecule has 1 aromatic carbocycles. The van der Waals surface area contributed by atoms with Gasteiger partial charge in [0.25, 0.3) is 0 Å². The Morgan fingerprint density at radius 1 is 1.00 bits per heavy atom. The molecule has 1 aromatic heterocycles. The summed E-state index contributed by atoms with van der Waals surface area (Å²) in [6, 6.07) is 10.7. The minimum Gasteiger partial charge on any atom is -0.371 e. The minimum absolute atomic E-state index is 0.193. The normalized spacial score (nSPS) is 22.2. The zero-order valence-electron chi connectivity index (χ0n) is 14.6. The van der Waals surface area contributed by atoms with Crippen molar-refractivity contribution in [2.75, 3.05) is 44.2 Å². The van der Waals surface area contributed by atoms with E-state index in [4.69, 9.17) is 4.74 Å². The molecule has 2 fully saturated rings. The Morgan fingerprint density at radius 2 is 1.80 bits per heavy atom. The van der Waals surface area contributed by atoms with E-state index in [2.05, 4.69) is 54.9 Å². The second-order valence-electron chi connectivity index (χ2n) is 7.50. The molecule has 1 saturated carbocycles. The highest BCUT2D eigenvalue weighted by Gasteiger charge is 2.49. The van der Waals surface area contributed by atoms with Gasteiger partial charge in [-0.25, -0.2) is 0 Å². The van der Waals surface area contributed by atoms with Crippen LogP contribution in [-0.2, 0) is 23.3 Å². The lowest BCUT2D eigenvalue weighted by Gasteiger charge is -2.36. The first kappa shape index (κ1) is 15.3. The predicted octanol–water partition coefficient (Wildman–Crippen LogP) is 1.66. The second kappa shape index (κ2) is 6.11. The van der Waals surface area contributed by atoms with Gasteiger partial charge in [-0.05, 0) is 25.0 Å². The Labute approximate surface area is 148 Å². The number of para-hydroxylation sites is 1. The zero-order valence-corrected chi connectivity index (χ0v) is 14.6. The quantitative estimate of drug-likeness (QED) is 0.848. The average Bonchev–Trinajstić information content (AvgIpc) is 3.30. The zero-order chi connectivity index (χ0) is 16.7. The van der Waals surface area contributed by atoms with Gasteiger partial charge in [0.1, 0.15) is 12.4 Å². The molecule has 1 spiro atoms. The van der Waals surface area contributed by atoms with Crippen molar-refractivity contribution in [2.45, 2.75) is 31.4 Å². The number of hydrogen-bond donors (Lipinski definition) is 0. The lowest BCUT2D eigenvalue weighted by Crippen LogP contribution is -2.47. The molecule has 0 bridgehead atoms. The van der Waals surface area contributed by atoms with E-state index in [0.29, 0.717) is 6.61 Å². The van der Waals surface area contributed by atoms with Crippen LogP contribution in [0.5, 0.6) is 0 Å². The van der Waals surface area contributed by atoms with E-state index in [1.165, 1.54) is 18.5 Å². The third-order valence-electron chi connectivity index (χ3n) is 5.85. The van der Waals surface area contributed by atoms with Gasteiger partial charge in [0, 0.05) is 44.8 Å². The average molecular weight is 339 g/mol. The van der Waals surface area contributed by atoms with Crippen LogP contribution in [0.2, 0.25) is 0 Å². The molecule has 3 aliphatic rings. The highest BCUT2D eigenvalue weighted by atomic mass is 16.5. The van der Waals surface area contributed by atoms with Crippen LogP contribution in [0.3, 0.4) is 0 Å². The van der Waals surface area contributed by atoms with E-state index in [1.807, 2.05) is 0 Å². The summed E-state index contributed by atoms with van der Waals surface area (Å²) < 4.78 is 8.10. The van der Waals surface area contributed by atoms with E-state index in [9.17, 15) is 0 Å². The third kappa shape index (κ3) is 2.83. The lowest BCUT2D eigenvalue weighted by molar-refractivity contribution is 0.0431. The number of piperazine rings is 1. The van der Waals surface area contributed by atoms with E-state index in [1.54, 1.807) is 0 Å². The summed E-state index contributed by atoms with van der Waals surface area (Å²) in [5.41, 5.74) is 1.53. The van der Waals surface area contributed by atoms with E-state index in [0.717, 1.165) is 57.4 Å². The molecule has 0 radical (unpaired) electrons. The van der Waals surface area contributed by atoms with Gasteiger partial charge >= 0.3 is 0 Å². The van der Waals surface area contributed by atoms with Crippen LogP contribution < -0.4 is 4.90 Å². The second-order valence-corrected chi connectivity index (χ2v) is 7.50. The summed E-state index contributed by atoms with van der Waals surface area (Å²) in [4.78, 5) is 5.03. The number of fused-ring (bicyclic) bond motifs is 2. The Hall–Kier alpha value is -1.92. The standard InChI is InChI=1S/C19H25N5O/c1-2-4-16(5-3-1)23-12-10-22(11-13-23)9-6-17-20-21-18-14-25-15-19(7-8-19)24(17)18/h1-5H,6-15H2. The van der Waals surface area contributed by atoms with Crippen LogP contribution in [0.25, 0.3) is 0 Å². The van der Waals surface area contributed by atoms with Gasteiger partial charge in [-0.3, -0.25) is 4.90 Å². The molecule has 3 heterocycles. The number of ether oxygens (including phenoxy) is 1. The van der Waals surface area contributed by atoms with Crippen molar-refractivity contribution in [2.24, 2.45) is 0 Å². The smallest absolute Gasteiger partial charge is 0.159 e. The Kier molecular flexibility index (Phi) is 3.75. The summed E-state index contributed by atoms with van der Waals surface area (Å²) >= 11 is 0. The van der Waals surface area contributed by atoms with Gasteiger partial charge in [0.15, 0.2) is 5.82 Å². The Balaban J connectivity index is 1.19. The van der Waals surface area contributed by atoms with Gasteiger partial charge in [-0.1, -0.05) is 18.2 Å². The highest BCUT2D eigenvalue weighted by molar-refractivity contribution is 5.46. The number of aromatic nitrogens is 3. The van der Waals surface area contributed by atoms with Gasteiger partial charge in [-0.15, -0.1) is 10.2 Å². The number of nitrogens with zero attached hydrogens (tertiary/aromatic N) is 5. The molecule has 0 N–H and O–H groups in total. The van der Waals surface area contributed by atoms with Crippen LogP contribution in [0.4, 0.5) is 5.69 Å². The highest BCUT2D eigenvalue weighted by Crippen LogP contribution is 2.47. The Bertz CT molecular complexity index is 732. The molecule has 6 nitrogen and oxygen atoms in total. The van der Waals surface area contributed by atoms with Crippen molar-refractivity contribution in [1.29, 1.82) is 0 Å². The summed E-state index contributed by atoms with van der Waals surface area (Å²) in [5.74, 6) is 2.17. The van der Waals surface area contributed by atoms with E-state index >= 15 is 0 Å². The van der Waals surface area contributed by atoms with Crippen LogP contribution in [0.1, 0.15) is 24.5 Å². The van der Waals surface area contributed by atoms with Crippen LogP contribution >= 0.6 is 0 Å². The van der Waals surface area contributed by atoms with Gasteiger partial charge in [-0.2, -0.15) is 0 Å². The number of anilines is 1. The van der Waals surface area contributed by atoms with Crippen molar-refractivity contribution >= 4 is 5.69 Å². The van der Waals surface area contributed by atoms with Crippen molar-refractivity contribution in [1.82, 2.24) is 19.7 Å². The van der Waals surface area contributed by atoms with Crippen molar-refractivity contribution in [3.63, 3.8) is 0 Å². The van der Waals surface area contributed by atoms with E-state index in [-0.39, 0.29) is 5.54 Å². The topological polar surface area (TPSA) is 46.4 Å². The summed E-state index contributed by atoms with van der Waals surface area (Å²) in [7, 11) is 0. The van der Waals surface area contributed by atoms with Crippen LogP contribution in [0, 0.1) is 0 Å². The molecule has 2 aliphatic heterocycles. The number of benzene rings is 1. The number of rotatable bonds is 4. The maximum atomic E-state index is 5.70. The molecule has 0 amide bonds. The minimum atomic E-state index is 0.193. The molecule has 5 rings (SSSR count). The Morgan fingerprint density at radius 3 is 2.56 bits per heavy atom. The molecule has 132 valence electrons. The molecule has 0 atom stereocenters. The third-order valence-corrected chi connectivity index (χ3v) is 5.85. The van der Waals surface area contributed by atoms with Gasteiger partial charge in [0.2, 0.25) is 0 Å². The van der Waals surface area contributed by atoms with Gasteiger partial charge < -0.3 is 14.2 Å². The fraction of sp³-hybridized carbons (Fsp3) is 0.579. The summed E-state index contributed by atoms with van der Waals surface area (Å²) in [5, 5.41) is 8.85. The first-order valence-corrected chi connectivity index (χ1v) is 9.38. The molecule has 0 unspecified atom stereocenters. The lowest BCUT2D eigenvalue weighted by atomic mass is 10.2. The summed E-state index contributed by atoms with van der Waals surface area (Å²) in [6.45, 7) is 6.94. The van der Waals surface area contributed by atoms with Crippen molar-refractivity contribution < 1.29 is 4.74 Å². The molecule has 1 aliphatic carbocycles. The van der Waals surface area contributed by atoms with E-state index < -0.39 is 0 Å². The maximum absolute atomic E-state index is 5.70. The first-order chi connectivity index (χ1) is 12.3. The van der Waals surface area contributed by atoms with Crippen LogP contribution in [0.15, 0.2) is 30.3 Å². The van der Waals surface area contributed by atoms with Crippen molar-refractivity contribution in [3.8, 4) is 0 Å². The predicted molar refractivity (Wildman–Crippen MR) is 95.7 cm³/mol. The first-order valence-electron chi connectivity index (χ1n) is 9.38. The van der Waals surface area contributed by atoms with Crippen LogP contribution in [-0.4, -0.2) is 59.0 Å². The van der Waals surface area contributed by atoms with Crippen molar-refractivity contribution in [3.05, 3.63) is 42.0 Å². The van der Waals surface area contributed by atoms with Gasteiger partial charge in [0.05, 0.1) is 12.1 Å². The molecule has 6 heteroatoms. The summed E-state index contributed by atoms with van der Waals surface area (Å²) in [6.07, 6.45) is 3.40. The molecular formula is C19H25N5O. The number of hydrogen-bond acceptors (Lipinski definition) is 5.